The van der Waals surface area contributed by atoms with Crippen molar-refractivity contribution >= 4 is 40.9 Å². The third kappa shape index (κ3) is 4.38. The molecule has 98 valence electrons. The molecule has 2 nitrogen and oxygen atoms in total. The summed E-state index contributed by atoms with van der Waals surface area (Å²) in [6.45, 7) is 0.727. The maximum Gasteiger partial charge on any atom is 0.223 e. The lowest BCUT2D eigenvalue weighted by atomic mass is 10.2. The van der Waals surface area contributed by atoms with Crippen LogP contribution in [0.4, 0.5) is 0 Å². The highest BCUT2D eigenvalue weighted by Crippen LogP contribution is 2.28. The normalized spacial score (nSPS) is 14.6. The molecule has 18 heavy (non-hydrogen) atoms. The van der Waals surface area contributed by atoms with E-state index in [9.17, 15) is 4.79 Å². The highest BCUT2D eigenvalue weighted by molar-refractivity contribution is 7.98. The molecule has 1 saturated carbocycles. The fourth-order valence-electron chi connectivity index (χ4n) is 1.56. The van der Waals surface area contributed by atoms with Crippen molar-refractivity contribution in [1.82, 2.24) is 5.32 Å². The third-order valence-electron chi connectivity index (χ3n) is 2.77. The van der Waals surface area contributed by atoms with Crippen molar-refractivity contribution < 1.29 is 4.79 Å². The van der Waals surface area contributed by atoms with Gasteiger partial charge >= 0.3 is 0 Å². The molecule has 1 aromatic carbocycles. The number of rotatable bonds is 6. The van der Waals surface area contributed by atoms with Gasteiger partial charge in [-0.3, -0.25) is 4.79 Å². The van der Waals surface area contributed by atoms with Crippen molar-refractivity contribution in [3.8, 4) is 0 Å². The Morgan fingerprint density at radius 1 is 1.39 bits per heavy atom. The smallest absolute Gasteiger partial charge is 0.223 e. The first-order valence-corrected chi connectivity index (χ1v) is 7.87. The molecule has 1 aliphatic carbocycles. The molecule has 1 N–H and O–H groups in total. The number of hydrogen-bond donors (Lipinski definition) is 1. The van der Waals surface area contributed by atoms with E-state index >= 15 is 0 Å². The average molecular weight is 304 g/mol. The molecule has 0 radical (unpaired) electrons. The lowest BCUT2D eigenvalue weighted by Gasteiger charge is -2.06. The first-order valence-electron chi connectivity index (χ1n) is 5.96. The van der Waals surface area contributed by atoms with Crippen LogP contribution in [0.25, 0.3) is 0 Å². The van der Waals surface area contributed by atoms with Crippen LogP contribution < -0.4 is 5.32 Å². The standard InChI is InChI=1S/C13H15Cl2NOS/c14-11-4-3-10(12(15)7-11)8-18-6-5-16-13(17)9-1-2-9/h3-4,7,9H,1-2,5-6,8H2,(H,16,17). The predicted molar refractivity (Wildman–Crippen MR) is 78.4 cm³/mol. The Labute approximate surface area is 121 Å². The van der Waals surface area contributed by atoms with Crippen LogP contribution in [-0.4, -0.2) is 18.2 Å². The maximum absolute atomic E-state index is 11.4. The Balaban J connectivity index is 1.63. The average Bonchev–Trinajstić information content (AvgIpc) is 3.15. The van der Waals surface area contributed by atoms with Crippen LogP contribution in [0.3, 0.4) is 0 Å². The minimum Gasteiger partial charge on any atom is -0.355 e. The van der Waals surface area contributed by atoms with E-state index in [0.29, 0.717) is 16.0 Å². The highest BCUT2D eigenvalue weighted by Gasteiger charge is 2.28. The summed E-state index contributed by atoms with van der Waals surface area (Å²) in [7, 11) is 0. The third-order valence-corrected chi connectivity index (χ3v) is 4.36. The highest BCUT2D eigenvalue weighted by atomic mass is 35.5. The quantitative estimate of drug-likeness (QED) is 0.811. The molecule has 0 aliphatic heterocycles. The van der Waals surface area contributed by atoms with Gasteiger partial charge in [-0.05, 0) is 30.5 Å². The molecule has 1 fully saturated rings. The topological polar surface area (TPSA) is 29.1 Å². The molecule has 0 aromatic heterocycles. The van der Waals surface area contributed by atoms with Gasteiger partial charge in [0, 0.05) is 34.0 Å². The van der Waals surface area contributed by atoms with E-state index in [0.717, 1.165) is 36.5 Å². The van der Waals surface area contributed by atoms with Crippen LogP contribution in [0.5, 0.6) is 0 Å². The van der Waals surface area contributed by atoms with Crippen LogP contribution in [0.2, 0.25) is 10.0 Å². The van der Waals surface area contributed by atoms with Gasteiger partial charge in [-0.15, -0.1) is 0 Å². The van der Waals surface area contributed by atoms with Gasteiger partial charge in [0.1, 0.15) is 0 Å². The van der Waals surface area contributed by atoms with Gasteiger partial charge in [-0.1, -0.05) is 29.3 Å². The number of nitrogens with one attached hydrogen (secondary N) is 1. The summed E-state index contributed by atoms with van der Waals surface area (Å²) in [4.78, 5) is 11.4. The van der Waals surface area contributed by atoms with Crippen molar-refractivity contribution in [2.24, 2.45) is 5.92 Å². The second-order valence-electron chi connectivity index (χ2n) is 4.35. The molecule has 2 rings (SSSR count). The summed E-state index contributed by atoms with van der Waals surface area (Å²) < 4.78 is 0. The molecule has 1 aromatic rings. The first-order chi connectivity index (χ1) is 8.66. The Morgan fingerprint density at radius 2 is 2.17 bits per heavy atom. The van der Waals surface area contributed by atoms with Crippen molar-refractivity contribution in [3.05, 3.63) is 33.8 Å². The van der Waals surface area contributed by atoms with Crippen molar-refractivity contribution in [1.29, 1.82) is 0 Å². The number of benzene rings is 1. The number of hydrogen-bond acceptors (Lipinski definition) is 2. The minimum atomic E-state index is 0.208. The number of halogens is 2. The Morgan fingerprint density at radius 3 is 2.83 bits per heavy atom. The van der Waals surface area contributed by atoms with Crippen molar-refractivity contribution in [3.63, 3.8) is 0 Å². The summed E-state index contributed by atoms with van der Waals surface area (Å²) in [6.07, 6.45) is 2.11. The summed E-state index contributed by atoms with van der Waals surface area (Å²) >= 11 is 13.7. The summed E-state index contributed by atoms with van der Waals surface area (Å²) in [5, 5.41) is 4.30. The van der Waals surface area contributed by atoms with Crippen LogP contribution in [0, 0.1) is 5.92 Å². The van der Waals surface area contributed by atoms with Crippen LogP contribution in [0.15, 0.2) is 18.2 Å². The SMILES string of the molecule is O=C(NCCSCc1ccc(Cl)cc1Cl)C1CC1. The number of carbonyl (C=O) groups is 1. The monoisotopic (exact) mass is 303 g/mol. The van der Waals surface area contributed by atoms with Gasteiger partial charge in [-0.25, -0.2) is 0 Å². The molecular formula is C13H15Cl2NOS. The van der Waals surface area contributed by atoms with E-state index in [2.05, 4.69) is 5.32 Å². The minimum absolute atomic E-state index is 0.208. The number of carbonyl (C=O) groups excluding carboxylic acids is 1. The lowest BCUT2D eigenvalue weighted by Crippen LogP contribution is -2.26. The molecule has 0 unspecified atom stereocenters. The van der Waals surface area contributed by atoms with Gasteiger partial charge in [0.2, 0.25) is 5.91 Å². The van der Waals surface area contributed by atoms with Gasteiger partial charge in [0.15, 0.2) is 0 Å². The molecule has 0 saturated heterocycles. The van der Waals surface area contributed by atoms with E-state index < -0.39 is 0 Å². The lowest BCUT2D eigenvalue weighted by molar-refractivity contribution is -0.122. The Bertz CT molecular complexity index is 435. The fourth-order valence-corrected chi connectivity index (χ4v) is 2.97. The zero-order valence-corrected chi connectivity index (χ0v) is 12.2. The zero-order valence-electron chi connectivity index (χ0n) is 9.92. The second kappa shape index (κ2) is 6.69. The summed E-state index contributed by atoms with van der Waals surface area (Å²) in [5.41, 5.74) is 1.08. The van der Waals surface area contributed by atoms with E-state index in [4.69, 9.17) is 23.2 Å². The Kier molecular flexibility index (Phi) is 5.22. The molecule has 0 heterocycles. The maximum atomic E-state index is 11.4. The predicted octanol–water partition coefficient (Wildman–Crippen LogP) is 3.75. The van der Waals surface area contributed by atoms with Gasteiger partial charge < -0.3 is 5.32 Å². The number of thioether (sulfide) groups is 1. The van der Waals surface area contributed by atoms with Crippen molar-refractivity contribution in [2.75, 3.05) is 12.3 Å². The van der Waals surface area contributed by atoms with E-state index in [1.807, 2.05) is 12.1 Å². The zero-order chi connectivity index (χ0) is 13.0. The summed E-state index contributed by atoms with van der Waals surface area (Å²) in [6, 6.07) is 5.55. The largest absolute Gasteiger partial charge is 0.355 e. The van der Waals surface area contributed by atoms with Crippen molar-refractivity contribution in [2.45, 2.75) is 18.6 Å². The molecular weight excluding hydrogens is 289 g/mol. The fraction of sp³-hybridized carbons (Fsp3) is 0.462. The first kappa shape index (κ1) is 14.0. The van der Waals surface area contributed by atoms with Crippen LogP contribution >= 0.6 is 35.0 Å². The van der Waals surface area contributed by atoms with Gasteiger partial charge in [0.05, 0.1) is 0 Å². The molecule has 1 amide bonds. The van der Waals surface area contributed by atoms with E-state index in [-0.39, 0.29) is 5.91 Å². The second-order valence-corrected chi connectivity index (χ2v) is 6.30. The van der Waals surface area contributed by atoms with E-state index in [1.54, 1.807) is 17.8 Å². The molecule has 1 aliphatic rings. The van der Waals surface area contributed by atoms with Crippen LogP contribution in [0.1, 0.15) is 18.4 Å². The van der Waals surface area contributed by atoms with Gasteiger partial charge in [-0.2, -0.15) is 11.8 Å². The van der Waals surface area contributed by atoms with Gasteiger partial charge in [0.25, 0.3) is 0 Å². The van der Waals surface area contributed by atoms with E-state index in [1.165, 1.54) is 0 Å². The molecule has 0 atom stereocenters. The molecule has 5 heteroatoms. The summed E-state index contributed by atoms with van der Waals surface area (Å²) in [5.74, 6) is 2.24. The Hall–Kier alpha value is -0.380. The molecule has 0 spiro atoms. The molecule has 0 bridgehead atoms. The number of amides is 1. The van der Waals surface area contributed by atoms with Crippen LogP contribution in [-0.2, 0) is 10.5 Å².